The van der Waals surface area contributed by atoms with Gasteiger partial charge >= 0.3 is 0 Å². The van der Waals surface area contributed by atoms with Crippen molar-refractivity contribution in [2.24, 2.45) is 5.10 Å². The number of aryl methyl sites for hydroxylation is 1. The molecule has 110 valence electrons. The highest BCUT2D eigenvalue weighted by molar-refractivity contribution is 5.84. The Balaban J connectivity index is 2.00. The fraction of sp³-hybridized carbons (Fsp3) is 0.263. The van der Waals surface area contributed by atoms with Gasteiger partial charge in [-0.1, -0.05) is 54.6 Å². The van der Waals surface area contributed by atoms with E-state index in [1.165, 1.54) is 5.56 Å². The largest absolute Gasteiger partial charge is 0.267 e. The van der Waals surface area contributed by atoms with Crippen LogP contribution in [0.3, 0.4) is 0 Å². The van der Waals surface area contributed by atoms with Gasteiger partial charge in [-0.15, -0.1) is 0 Å². The van der Waals surface area contributed by atoms with Crippen LogP contribution in [-0.2, 0) is 0 Å². The number of hydrogen-bond acceptors (Lipinski definition) is 3. The molecule has 0 aliphatic carbocycles. The molecule has 3 nitrogen and oxygen atoms in total. The van der Waals surface area contributed by atoms with E-state index in [9.17, 15) is 5.26 Å². The summed E-state index contributed by atoms with van der Waals surface area (Å²) in [5.74, 6) is 0. The molecule has 1 aliphatic rings. The van der Waals surface area contributed by atoms with Crippen LogP contribution in [0.5, 0.6) is 0 Å². The lowest BCUT2D eigenvalue weighted by Gasteiger charge is -2.29. The predicted octanol–water partition coefficient (Wildman–Crippen LogP) is 4.38. The third-order valence-electron chi connectivity index (χ3n) is 4.15. The maximum absolute atomic E-state index is 9.75. The Labute approximate surface area is 131 Å². The average molecular weight is 289 g/mol. The van der Waals surface area contributed by atoms with Crippen molar-refractivity contribution < 1.29 is 0 Å². The molecule has 0 radical (unpaired) electrons. The lowest BCUT2D eigenvalue weighted by atomic mass is 9.97. The number of hydrogen-bond donors (Lipinski definition) is 0. The monoisotopic (exact) mass is 289 g/mol. The zero-order chi connectivity index (χ0) is 15.5. The maximum atomic E-state index is 9.75. The van der Waals surface area contributed by atoms with Crippen molar-refractivity contribution in [3.05, 3.63) is 71.3 Å². The van der Waals surface area contributed by atoms with E-state index >= 15 is 0 Å². The molecule has 0 amide bonds. The fourth-order valence-electron chi connectivity index (χ4n) is 3.03. The first kappa shape index (κ1) is 14.3. The molecule has 2 aromatic rings. The van der Waals surface area contributed by atoms with E-state index in [4.69, 9.17) is 0 Å². The lowest BCUT2D eigenvalue weighted by molar-refractivity contribution is 0.196. The summed E-state index contributed by atoms with van der Waals surface area (Å²) in [5, 5.41) is 16.4. The molecule has 2 aromatic carbocycles. The summed E-state index contributed by atoms with van der Waals surface area (Å²) in [6.07, 6.45) is 0.869. The lowest BCUT2D eigenvalue weighted by Crippen LogP contribution is -2.24. The highest BCUT2D eigenvalue weighted by atomic mass is 15.5. The molecule has 1 heterocycles. The molecule has 0 saturated carbocycles. The topological polar surface area (TPSA) is 39.4 Å². The van der Waals surface area contributed by atoms with E-state index in [1.807, 2.05) is 61.3 Å². The average Bonchev–Trinajstić information content (AvgIpc) is 2.92. The third-order valence-corrected chi connectivity index (χ3v) is 4.15. The molecule has 3 heteroatoms. The van der Waals surface area contributed by atoms with Gasteiger partial charge < -0.3 is 0 Å². The second kappa shape index (κ2) is 6.03. The Morgan fingerprint density at radius 1 is 1.09 bits per heavy atom. The van der Waals surface area contributed by atoms with E-state index in [2.05, 4.69) is 23.3 Å². The molecule has 3 rings (SSSR count). The number of benzene rings is 2. The first-order valence-corrected chi connectivity index (χ1v) is 7.53. The van der Waals surface area contributed by atoms with Gasteiger partial charge in [0.1, 0.15) is 0 Å². The number of nitrogens with zero attached hydrogens (tertiary/aromatic N) is 3. The van der Waals surface area contributed by atoms with Gasteiger partial charge in [-0.25, -0.2) is 0 Å². The van der Waals surface area contributed by atoms with Crippen LogP contribution in [0, 0.1) is 18.3 Å². The van der Waals surface area contributed by atoms with Crippen molar-refractivity contribution in [2.45, 2.75) is 32.4 Å². The Hall–Kier alpha value is -2.60. The molecule has 22 heavy (non-hydrogen) atoms. The van der Waals surface area contributed by atoms with Crippen molar-refractivity contribution in [2.75, 3.05) is 0 Å². The zero-order valence-corrected chi connectivity index (χ0v) is 12.9. The third kappa shape index (κ3) is 2.60. The van der Waals surface area contributed by atoms with Gasteiger partial charge in [-0.3, -0.25) is 5.01 Å². The van der Waals surface area contributed by atoms with E-state index < -0.39 is 0 Å². The Morgan fingerprint density at radius 3 is 2.45 bits per heavy atom. The maximum Gasteiger partial charge on any atom is 0.159 e. The van der Waals surface area contributed by atoms with Crippen LogP contribution in [0.15, 0.2) is 59.7 Å². The van der Waals surface area contributed by atoms with Gasteiger partial charge in [0, 0.05) is 12.1 Å². The number of nitriles is 1. The molecular weight excluding hydrogens is 270 g/mol. The summed E-state index contributed by atoms with van der Waals surface area (Å²) in [6, 6.07) is 20.6. The van der Waals surface area contributed by atoms with Crippen LogP contribution in [0.4, 0.5) is 0 Å². The van der Waals surface area contributed by atoms with E-state index in [1.54, 1.807) is 0 Å². The van der Waals surface area contributed by atoms with Crippen molar-refractivity contribution in [3.8, 4) is 6.07 Å². The van der Waals surface area contributed by atoms with E-state index in [0.29, 0.717) is 0 Å². The molecular formula is C19H19N3. The number of hydrazone groups is 1. The molecule has 0 bridgehead atoms. The van der Waals surface area contributed by atoms with Crippen LogP contribution in [0.2, 0.25) is 0 Å². The molecule has 0 fully saturated rings. The number of rotatable bonds is 3. The van der Waals surface area contributed by atoms with Crippen molar-refractivity contribution in [3.63, 3.8) is 0 Å². The molecule has 0 saturated heterocycles. The second-order valence-corrected chi connectivity index (χ2v) is 5.73. The fourth-order valence-corrected chi connectivity index (χ4v) is 3.03. The van der Waals surface area contributed by atoms with Crippen LogP contribution in [0.25, 0.3) is 0 Å². The summed E-state index contributed by atoms with van der Waals surface area (Å²) in [7, 11) is 0. The summed E-state index contributed by atoms with van der Waals surface area (Å²) >= 11 is 0. The van der Waals surface area contributed by atoms with Crippen LogP contribution < -0.4 is 0 Å². The summed E-state index contributed by atoms with van der Waals surface area (Å²) in [4.78, 5) is 0. The van der Waals surface area contributed by atoms with Gasteiger partial charge in [0.2, 0.25) is 0 Å². The van der Waals surface area contributed by atoms with Crippen LogP contribution in [0.1, 0.15) is 42.1 Å². The highest BCUT2D eigenvalue weighted by Gasteiger charge is 2.33. The quantitative estimate of drug-likeness (QED) is 0.841. The van der Waals surface area contributed by atoms with Crippen molar-refractivity contribution in [1.29, 1.82) is 5.26 Å². The summed E-state index contributed by atoms with van der Waals surface area (Å²) in [6.45, 7) is 4.08. The minimum atomic E-state index is -0.358. The smallest absolute Gasteiger partial charge is 0.159 e. The van der Waals surface area contributed by atoms with E-state index in [-0.39, 0.29) is 12.1 Å². The minimum Gasteiger partial charge on any atom is -0.267 e. The van der Waals surface area contributed by atoms with Crippen molar-refractivity contribution in [1.82, 2.24) is 5.01 Å². The van der Waals surface area contributed by atoms with Crippen molar-refractivity contribution >= 4 is 5.71 Å². The molecule has 2 atom stereocenters. The van der Waals surface area contributed by atoms with Gasteiger partial charge in [0.05, 0.1) is 12.1 Å². The van der Waals surface area contributed by atoms with E-state index in [0.717, 1.165) is 23.3 Å². The first-order chi connectivity index (χ1) is 10.7. The Bertz CT molecular complexity index is 728. The SMILES string of the molecule is CC1=NN([C@H](C#N)c2ccccc2C)[C@@H](c2ccccc2)C1. The standard InChI is InChI=1S/C19H19N3/c1-14-8-6-7-11-17(14)19(13-20)22-18(12-15(2)21-22)16-9-4-3-5-10-16/h3-11,18-19H,12H2,1-2H3/t18-,19-/m1/s1. The van der Waals surface area contributed by atoms with Gasteiger partial charge in [-0.05, 0) is 30.5 Å². The van der Waals surface area contributed by atoms with Gasteiger partial charge in [0.15, 0.2) is 6.04 Å². The second-order valence-electron chi connectivity index (χ2n) is 5.73. The normalized spacial score (nSPS) is 18.7. The summed E-state index contributed by atoms with van der Waals surface area (Å²) < 4.78 is 0. The zero-order valence-electron chi connectivity index (χ0n) is 12.9. The Kier molecular flexibility index (Phi) is 3.93. The van der Waals surface area contributed by atoms with Gasteiger partial charge in [0.25, 0.3) is 0 Å². The predicted molar refractivity (Wildman–Crippen MR) is 88.3 cm³/mol. The molecule has 0 spiro atoms. The minimum absolute atomic E-state index is 0.130. The molecule has 0 aromatic heterocycles. The van der Waals surface area contributed by atoms with Gasteiger partial charge in [-0.2, -0.15) is 10.4 Å². The molecule has 0 unspecified atom stereocenters. The van der Waals surface area contributed by atoms with Crippen LogP contribution >= 0.6 is 0 Å². The highest BCUT2D eigenvalue weighted by Crippen LogP contribution is 2.38. The first-order valence-electron chi connectivity index (χ1n) is 7.53. The molecule has 0 N–H and O–H groups in total. The molecule has 1 aliphatic heterocycles. The summed E-state index contributed by atoms with van der Waals surface area (Å²) in [5.41, 5.74) is 4.43. The van der Waals surface area contributed by atoms with Crippen LogP contribution in [-0.4, -0.2) is 10.7 Å². The Morgan fingerprint density at radius 2 is 1.77 bits per heavy atom.